The normalized spacial score (nSPS) is 14.0. The van der Waals surface area contributed by atoms with Gasteiger partial charge in [-0.1, -0.05) is 80.3 Å². The number of pyridine rings is 1. The van der Waals surface area contributed by atoms with E-state index in [9.17, 15) is 4.79 Å². The average molecular weight is 699 g/mol. The Morgan fingerprint density at radius 1 is 1.03 bits per heavy atom. The number of aliphatic hydroxyl groups excluding tert-OH is 1. The van der Waals surface area contributed by atoms with Gasteiger partial charge in [-0.05, 0) is 36.1 Å². The minimum Gasteiger partial charge on any atom is -0.512 e. The van der Waals surface area contributed by atoms with Crippen molar-refractivity contribution in [1.82, 2.24) is 4.98 Å². The van der Waals surface area contributed by atoms with Crippen LogP contribution in [-0.2, 0) is 30.3 Å². The first-order valence-electron chi connectivity index (χ1n) is 12.6. The Labute approximate surface area is 238 Å². The number of hydrogen-bond acceptors (Lipinski definition) is 4. The van der Waals surface area contributed by atoms with Crippen LogP contribution in [0, 0.1) is 6.07 Å². The van der Waals surface area contributed by atoms with E-state index in [1.54, 1.807) is 0 Å². The van der Waals surface area contributed by atoms with Crippen LogP contribution in [0.4, 0.5) is 0 Å². The molecule has 0 fully saturated rings. The van der Waals surface area contributed by atoms with E-state index < -0.39 is 8.07 Å². The average Bonchev–Trinajstić information content (AvgIpc) is 3.17. The molecular weight excluding hydrogens is 667 g/mol. The fourth-order valence-corrected chi connectivity index (χ4v) is 6.84. The number of allylic oxidation sites excluding steroid dienone is 2. The molecule has 1 aliphatic rings. The first-order chi connectivity index (χ1) is 17.4. The van der Waals surface area contributed by atoms with Crippen molar-refractivity contribution in [3.05, 3.63) is 83.8 Å². The van der Waals surface area contributed by atoms with Crippen LogP contribution in [-0.4, -0.2) is 23.9 Å². The van der Waals surface area contributed by atoms with Crippen molar-refractivity contribution in [2.24, 2.45) is 0 Å². The zero-order chi connectivity index (χ0) is 26.7. The molecule has 1 N–H and O–H groups in total. The zero-order valence-electron chi connectivity index (χ0n) is 22.8. The van der Waals surface area contributed by atoms with Crippen molar-refractivity contribution in [2.45, 2.75) is 52.8 Å². The number of carbonyl (C=O) groups excluding carboxylic acids is 1. The zero-order valence-corrected chi connectivity index (χ0v) is 26.2. The van der Waals surface area contributed by atoms with E-state index >= 15 is 0 Å². The van der Waals surface area contributed by atoms with E-state index in [4.69, 9.17) is 14.5 Å². The molecular formula is C32H32IrNO3Si-. The minimum absolute atomic E-state index is 0. The number of carbonyl (C=O) groups is 1. The molecule has 2 heterocycles. The number of nitrogens with zero attached hydrogens (tertiary/aromatic N) is 1. The molecule has 5 aromatic rings. The summed E-state index contributed by atoms with van der Waals surface area (Å²) in [5.41, 5.74) is 6.47. The van der Waals surface area contributed by atoms with Gasteiger partial charge < -0.3 is 9.52 Å². The Balaban J connectivity index is 0.000000375. The van der Waals surface area contributed by atoms with Gasteiger partial charge in [0.15, 0.2) is 5.78 Å². The van der Waals surface area contributed by atoms with Crippen LogP contribution in [0.15, 0.2) is 71.0 Å². The van der Waals surface area contributed by atoms with Gasteiger partial charge in [0.05, 0.1) is 13.8 Å². The molecule has 38 heavy (non-hydrogen) atoms. The van der Waals surface area contributed by atoms with Crippen LogP contribution in [0.25, 0.3) is 44.0 Å². The number of aliphatic hydroxyl groups is 1. The summed E-state index contributed by atoms with van der Waals surface area (Å²) in [6, 6.07) is 21.2. The summed E-state index contributed by atoms with van der Waals surface area (Å²) in [7, 11) is -1.58. The van der Waals surface area contributed by atoms with Gasteiger partial charge in [0.25, 0.3) is 0 Å². The van der Waals surface area contributed by atoms with Crippen molar-refractivity contribution in [3.63, 3.8) is 0 Å². The van der Waals surface area contributed by atoms with Crippen molar-refractivity contribution in [2.75, 3.05) is 0 Å². The maximum Gasteiger partial charge on any atom is 0.155 e. The third-order valence-electron chi connectivity index (χ3n) is 7.13. The van der Waals surface area contributed by atoms with Crippen LogP contribution in [0.2, 0.25) is 19.6 Å². The molecule has 6 rings (SSSR count). The Bertz CT molecular complexity index is 1740. The Morgan fingerprint density at radius 2 is 1.74 bits per heavy atom. The third kappa shape index (κ3) is 4.66. The molecule has 0 amide bonds. The number of aromatic nitrogens is 1. The van der Waals surface area contributed by atoms with Gasteiger partial charge in [0.1, 0.15) is 11.2 Å². The topological polar surface area (TPSA) is 63.3 Å². The Morgan fingerprint density at radius 3 is 2.37 bits per heavy atom. The summed E-state index contributed by atoms with van der Waals surface area (Å²) in [5, 5.41) is 14.5. The van der Waals surface area contributed by atoms with Gasteiger partial charge in [-0.3, -0.25) is 9.78 Å². The Hall–Kier alpha value is -3.05. The third-order valence-corrected chi connectivity index (χ3v) is 9.14. The van der Waals surface area contributed by atoms with Crippen LogP contribution >= 0.6 is 0 Å². The van der Waals surface area contributed by atoms with E-state index in [2.05, 4.69) is 82.0 Å². The van der Waals surface area contributed by atoms with Gasteiger partial charge in [-0.15, -0.1) is 23.6 Å². The van der Waals surface area contributed by atoms with Gasteiger partial charge in [0, 0.05) is 48.8 Å². The van der Waals surface area contributed by atoms with Crippen LogP contribution in [0.1, 0.15) is 38.8 Å². The molecule has 4 nitrogen and oxygen atoms in total. The summed E-state index contributed by atoms with van der Waals surface area (Å²) in [4.78, 5) is 14.9. The largest absolute Gasteiger partial charge is 0.512 e. The molecule has 3 aromatic carbocycles. The number of ketones is 1. The first kappa shape index (κ1) is 28.0. The number of rotatable bonds is 2. The van der Waals surface area contributed by atoms with E-state index in [0.717, 1.165) is 33.2 Å². The van der Waals surface area contributed by atoms with Crippen molar-refractivity contribution in [3.8, 4) is 11.3 Å². The van der Waals surface area contributed by atoms with Gasteiger partial charge >= 0.3 is 0 Å². The van der Waals surface area contributed by atoms with Crippen LogP contribution < -0.4 is 5.19 Å². The number of hydrogen-bond donors (Lipinski definition) is 1. The molecule has 1 radical (unpaired) electrons. The molecule has 2 aromatic heterocycles. The van der Waals surface area contributed by atoms with Gasteiger partial charge in [-0.25, -0.2) is 0 Å². The fourth-order valence-electron chi connectivity index (χ4n) is 5.40. The molecule has 0 saturated heterocycles. The second kappa shape index (κ2) is 9.92. The predicted molar refractivity (Wildman–Crippen MR) is 155 cm³/mol. The van der Waals surface area contributed by atoms with E-state index in [-0.39, 0.29) is 37.1 Å². The summed E-state index contributed by atoms with van der Waals surface area (Å²) in [5.74, 6) is -0.0625. The maximum absolute atomic E-state index is 10.0. The molecule has 6 heteroatoms. The monoisotopic (exact) mass is 699 g/mol. The number of benzene rings is 3. The maximum atomic E-state index is 10.0. The molecule has 0 saturated carbocycles. The quantitative estimate of drug-likeness (QED) is 0.0885. The molecule has 0 atom stereocenters. The standard InChI is InChI=1S/C27H24NOSi.C5H8O2.Ir/c1-27(2)19-10-11-22(30(3,4)5)26-23(19)24-21(29-26)12-13-28-25(24)18-14-16-8-6-7-9-17(16)15-20(18)27;1-4(6)3-5(2)7;/h6-13,15H,1-5H3;3,6H,1-2H3;/q-1;;/b;4-3-;. The SMILES string of the molecule is CC(=O)/C=C(/C)O.CC1(C)c2cc3ccccc3[c-]c2-c2nccc3oc4c([Si](C)(C)C)ccc1c4c23.[Ir]. The predicted octanol–water partition coefficient (Wildman–Crippen LogP) is 7.82. The second-order valence-corrected chi connectivity index (χ2v) is 16.5. The summed E-state index contributed by atoms with van der Waals surface area (Å²) >= 11 is 0. The second-order valence-electron chi connectivity index (χ2n) is 11.4. The van der Waals surface area contributed by atoms with Gasteiger partial charge in [-0.2, -0.15) is 0 Å². The Kier molecular flexibility index (Phi) is 7.30. The van der Waals surface area contributed by atoms with Crippen LogP contribution in [0.5, 0.6) is 0 Å². The van der Waals surface area contributed by atoms with E-state index in [1.807, 2.05) is 12.3 Å². The van der Waals surface area contributed by atoms with E-state index in [1.165, 1.54) is 47.0 Å². The first-order valence-corrected chi connectivity index (χ1v) is 16.1. The number of fused-ring (bicyclic) bond motifs is 3. The minimum atomic E-state index is -1.58. The molecule has 1 aliphatic carbocycles. The molecule has 0 unspecified atom stereocenters. The van der Waals surface area contributed by atoms with Crippen molar-refractivity contribution in [1.29, 1.82) is 0 Å². The fraction of sp³-hybridized carbons (Fsp3) is 0.250. The van der Waals surface area contributed by atoms with E-state index in [0.29, 0.717) is 0 Å². The van der Waals surface area contributed by atoms with Crippen LogP contribution in [0.3, 0.4) is 0 Å². The van der Waals surface area contributed by atoms with Crippen molar-refractivity contribution >= 4 is 51.8 Å². The summed E-state index contributed by atoms with van der Waals surface area (Å²) in [6.45, 7) is 14.6. The molecule has 0 aliphatic heterocycles. The van der Waals surface area contributed by atoms with Crippen molar-refractivity contribution < 1.29 is 34.4 Å². The number of furan rings is 1. The molecule has 0 bridgehead atoms. The van der Waals surface area contributed by atoms with Gasteiger partial charge in [0.2, 0.25) is 0 Å². The molecule has 197 valence electrons. The summed E-state index contributed by atoms with van der Waals surface area (Å²) in [6.07, 6.45) is 3.04. The molecule has 0 spiro atoms. The smallest absolute Gasteiger partial charge is 0.155 e. The summed E-state index contributed by atoms with van der Waals surface area (Å²) < 4.78 is 6.54.